The summed E-state index contributed by atoms with van der Waals surface area (Å²) in [6, 6.07) is 4.14. The van der Waals surface area contributed by atoms with E-state index < -0.39 is 0 Å². The van der Waals surface area contributed by atoms with Gasteiger partial charge in [0.1, 0.15) is 5.82 Å². The fourth-order valence-corrected chi connectivity index (χ4v) is 3.52. The predicted molar refractivity (Wildman–Crippen MR) is 81.5 cm³/mol. The zero-order valence-corrected chi connectivity index (χ0v) is 13.1. The van der Waals surface area contributed by atoms with Crippen LogP contribution in [0, 0.1) is 11.8 Å². The lowest BCUT2D eigenvalue weighted by Crippen LogP contribution is -2.39. The Morgan fingerprint density at radius 3 is 3.10 bits per heavy atom. The highest BCUT2D eigenvalue weighted by Crippen LogP contribution is 2.31. The topological polar surface area (TPSA) is 57.3 Å². The number of nitrogens with zero attached hydrogens (tertiary/aromatic N) is 2. The van der Waals surface area contributed by atoms with Crippen molar-refractivity contribution in [2.75, 3.05) is 31.5 Å². The molecular formula is C14H19BrN4O. The van der Waals surface area contributed by atoms with Crippen LogP contribution in [0.2, 0.25) is 0 Å². The molecule has 0 aliphatic carbocycles. The third-order valence-electron chi connectivity index (χ3n) is 4.40. The van der Waals surface area contributed by atoms with Crippen LogP contribution in [0.5, 0.6) is 0 Å². The van der Waals surface area contributed by atoms with E-state index in [1.807, 2.05) is 6.07 Å². The molecule has 20 heavy (non-hydrogen) atoms. The van der Waals surface area contributed by atoms with E-state index in [0.29, 0.717) is 30.2 Å². The molecule has 6 heteroatoms. The molecule has 2 fully saturated rings. The molecule has 2 saturated heterocycles. The minimum atomic E-state index is 0.0135. The number of amides is 1. The van der Waals surface area contributed by atoms with Gasteiger partial charge in [-0.3, -0.25) is 9.69 Å². The van der Waals surface area contributed by atoms with E-state index in [0.717, 1.165) is 24.1 Å². The van der Waals surface area contributed by atoms with Crippen LogP contribution < -0.4 is 10.6 Å². The third-order valence-corrected chi connectivity index (χ3v) is 4.87. The lowest BCUT2D eigenvalue weighted by Gasteiger charge is -2.23. The number of hydrogen-bond donors (Lipinski definition) is 2. The summed E-state index contributed by atoms with van der Waals surface area (Å²) in [5, 5.41) is 6.29. The summed E-state index contributed by atoms with van der Waals surface area (Å²) in [4.78, 5) is 18.5. The molecule has 1 aromatic heterocycles. The number of likely N-dealkylation sites (tertiary alicyclic amines) is 1. The van der Waals surface area contributed by atoms with Gasteiger partial charge in [0.2, 0.25) is 5.91 Å². The zero-order valence-electron chi connectivity index (χ0n) is 11.5. The van der Waals surface area contributed by atoms with Gasteiger partial charge in [-0.05, 0) is 59.9 Å². The van der Waals surface area contributed by atoms with E-state index in [9.17, 15) is 4.79 Å². The third kappa shape index (κ3) is 2.87. The van der Waals surface area contributed by atoms with Gasteiger partial charge in [-0.15, -0.1) is 0 Å². The number of nitrogens with one attached hydrogen (secondary N) is 2. The van der Waals surface area contributed by atoms with E-state index in [4.69, 9.17) is 0 Å². The van der Waals surface area contributed by atoms with Gasteiger partial charge in [0.05, 0.1) is 6.54 Å². The molecule has 2 aliphatic heterocycles. The van der Waals surface area contributed by atoms with Gasteiger partial charge in [-0.2, -0.15) is 0 Å². The highest BCUT2D eigenvalue weighted by Gasteiger charge is 2.42. The number of pyridine rings is 1. The van der Waals surface area contributed by atoms with Crippen molar-refractivity contribution in [1.82, 2.24) is 15.2 Å². The number of rotatable bonds is 3. The molecule has 1 amide bonds. The van der Waals surface area contributed by atoms with Crippen molar-refractivity contribution < 1.29 is 4.79 Å². The molecule has 3 rings (SSSR count). The minimum absolute atomic E-state index is 0.0135. The molecule has 3 heterocycles. The lowest BCUT2D eigenvalue weighted by molar-refractivity contribution is -0.117. The number of carbonyl (C=O) groups is 1. The average molecular weight is 339 g/mol. The number of halogens is 1. The van der Waals surface area contributed by atoms with Gasteiger partial charge < -0.3 is 10.6 Å². The van der Waals surface area contributed by atoms with Gasteiger partial charge in [-0.25, -0.2) is 4.98 Å². The smallest absolute Gasteiger partial charge is 0.239 e. The van der Waals surface area contributed by atoms with Crippen LogP contribution in [0.4, 0.5) is 5.82 Å². The maximum atomic E-state index is 12.1. The van der Waals surface area contributed by atoms with Crippen LogP contribution in [0.25, 0.3) is 0 Å². The fourth-order valence-electron chi connectivity index (χ4n) is 3.28. The number of hydrogen-bond acceptors (Lipinski definition) is 4. The number of fused-ring (bicyclic) bond motifs is 1. The monoisotopic (exact) mass is 338 g/mol. The fraction of sp³-hybridized carbons (Fsp3) is 0.571. The molecule has 108 valence electrons. The van der Waals surface area contributed by atoms with E-state index in [1.165, 1.54) is 0 Å². The summed E-state index contributed by atoms with van der Waals surface area (Å²) >= 11 is 3.33. The Kier molecular flexibility index (Phi) is 4.05. The summed E-state index contributed by atoms with van der Waals surface area (Å²) < 4.78 is 0.906. The molecule has 1 aromatic rings. The first-order valence-corrected chi connectivity index (χ1v) is 7.79. The van der Waals surface area contributed by atoms with Crippen LogP contribution in [-0.2, 0) is 4.79 Å². The second kappa shape index (κ2) is 5.79. The van der Waals surface area contributed by atoms with E-state index in [2.05, 4.69) is 43.4 Å². The van der Waals surface area contributed by atoms with Crippen LogP contribution in [0.15, 0.2) is 22.8 Å². The first-order chi connectivity index (χ1) is 9.63. The van der Waals surface area contributed by atoms with Crippen molar-refractivity contribution in [3.63, 3.8) is 0 Å². The van der Waals surface area contributed by atoms with Gasteiger partial charge >= 0.3 is 0 Å². The predicted octanol–water partition coefficient (Wildman–Crippen LogP) is 1.32. The van der Waals surface area contributed by atoms with Crippen molar-refractivity contribution >= 4 is 27.7 Å². The van der Waals surface area contributed by atoms with Crippen molar-refractivity contribution in [1.29, 1.82) is 0 Å². The second-order valence-electron chi connectivity index (χ2n) is 5.66. The molecular weight excluding hydrogens is 320 g/mol. The van der Waals surface area contributed by atoms with E-state index >= 15 is 0 Å². The highest BCUT2D eigenvalue weighted by atomic mass is 79.9. The Hall–Kier alpha value is -0.980. The Morgan fingerprint density at radius 2 is 2.40 bits per heavy atom. The normalized spacial score (nSPS) is 29.4. The Morgan fingerprint density at radius 1 is 1.55 bits per heavy atom. The highest BCUT2D eigenvalue weighted by molar-refractivity contribution is 9.10. The summed E-state index contributed by atoms with van der Waals surface area (Å²) in [6.45, 7) is 5.86. The van der Waals surface area contributed by atoms with Gasteiger partial charge in [0, 0.05) is 23.3 Å². The molecule has 0 radical (unpaired) electrons. The van der Waals surface area contributed by atoms with Gasteiger partial charge in [-0.1, -0.05) is 0 Å². The first-order valence-electron chi connectivity index (χ1n) is 6.99. The van der Waals surface area contributed by atoms with E-state index in [-0.39, 0.29) is 5.91 Å². The quantitative estimate of drug-likeness (QED) is 0.872. The summed E-state index contributed by atoms with van der Waals surface area (Å²) in [7, 11) is 0. The van der Waals surface area contributed by atoms with Crippen molar-refractivity contribution in [2.45, 2.75) is 13.0 Å². The molecule has 5 nitrogen and oxygen atoms in total. The molecule has 3 unspecified atom stereocenters. The second-order valence-corrected chi connectivity index (χ2v) is 6.58. The molecule has 0 spiro atoms. The van der Waals surface area contributed by atoms with Crippen molar-refractivity contribution in [3.8, 4) is 0 Å². The number of carbonyl (C=O) groups excluding carboxylic acids is 1. The minimum Gasteiger partial charge on any atom is -0.316 e. The number of anilines is 1. The van der Waals surface area contributed by atoms with Crippen LogP contribution in [0.3, 0.4) is 0 Å². The molecule has 2 N–H and O–H groups in total. The molecule has 3 atom stereocenters. The Labute approximate surface area is 127 Å². The van der Waals surface area contributed by atoms with Crippen LogP contribution >= 0.6 is 15.9 Å². The van der Waals surface area contributed by atoms with Crippen molar-refractivity contribution in [2.24, 2.45) is 11.8 Å². The summed E-state index contributed by atoms with van der Waals surface area (Å²) in [5.74, 6) is 2.00. The van der Waals surface area contributed by atoms with Crippen LogP contribution in [0.1, 0.15) is 6.92 Å². The Bertz CT molecular complexity index is 492. The molecule has 2 aliphatic rings. The van der Waals surface area contributed by atoms with Gasteiger partial charge in [0.15, 0.2) is 0 Å². The molecule has 0 bridgehead atoms. The van der Waals surface area contributed by atoms with Crippen LogP contribution in [-0.4, -0.2) is 48.0 Å². The lowest BCUT2D eigenvalue weighted by atomic mass is 9.95. The molecule has 0 saturated carbocycles. The SMILES string of the molecule is CC1C2CNCC2CN1CC(=O)Nc1ccc(Br)cn1. The first kappa shape index (κ1) is 14.0. The maximum Gasteiger partial charge on any atom is 0.239 e. The largest absolute Gasteiger partial charge is 0.316 e. The molecule has 0 aromatic carbocycles. The van der Waals surface area contributed by atoms with Crippen molar-refractivity contribution in [3.05, 3.63) is 22.8 Å². The standard InChI is InChI=1S/C14H19BrN4O/c1-9-12-6-16-4-10(12)7-19(9)8-14(20)18-13-3-2-11(15)5-17-13/h2-3,5,9-10,12,16H,4,6-8H2,1H3,(H,17,18,20). The zero-order chi connectivity index (χ0) is 14.1. The number of aromatic nitrogens is 1. The maximum absolute atomic E-state index is 12.1. The average Bonchev–Trinajstić information content (AvgIpc) is 2.97. The Balaban J connectivity index is 1.55. The van der Waals surface area contributed by atoms with Gasteiger partial charge in [0.25, 0.3) is 0 Å². The van der Waals surface area contributed by atoms with E-state index in [1.54, 1.807) is 12.3 Å². The summed E-state index contributed by atoms with van der Waals surface area (Å²) in [6.07, 6.45) is 1.68. The summed E-state index contributed by atoms with van der Waals surface area (Å²) in [5.41, 5.74) is 0.